The average Bonchev–Trinajstić information content (AvgIpc) is 3.18. The highest BCUT2D eigenvalue weighted by Crippen LogP contribution is 2.27. The summed E-state index contributed by atoms with van der Waals surface area (Å²) in [6.45, 7) is 5.11. The van der Waals surface area contributed by atoms with Crippen LogP contribution in [0.1, 0.15) is 41.1 Å². The van der Waals surface area contributed by atoms with Crippen LogP contribution in [-0.4, -0.2) is 28.2 Å². The van der Waals surface area contributed by atoms with Crippen molar-refractivity contribution in [2.24, 2.45) is 5.92 Å². The molecule has 0 saturated heterocycles. The van der Waals surface area contributed by atoms with Crippen LogP contribution < -0.4 is 16.1 Å². The van der Waals surface area contributed by atoms with Gasteiger partial charge in [-0.3, -0.25) is 14.8 Å². The average molecular weight is 442 g/mol. The quantitative estimate of drug-likeness (QED) is 0.238. The SMILES string of the molecule is CC(C)C[C@H](NCc1cccc(NCc2ccc3cc(C(=O)NO)sc3c2)c1)C(=O)O. The summed E-state index contributed by atoms with van der Waals surface area (Å²) < 4.78 is 0.973. The van der Waals surface area contributed by atoms with Gasteiger partial charge in [0.1, 0.15) is 6.04 Å². The molecule has 31 heavy (non-hydrogen) atoms. The molecule has 7 nitrogen and oxygen atoms in total. The van der Waals surface area contributed by atoms with Crippen LogP contribution in [0.4, 0.5) is 5.69 Å². The molecule has 164 valence electrons. The minimum atomic E-state index is -0.827. The molecular formula is C23H27N3O4S. The van der Waals surface area contributed by atoms with Gasteiger partial charge in [0.2, 0.25) is 0 Å². The van der Waals surface area contributed by atoms with Crippen molar-refractivity contribution < 1.29 is 19.9 Å². The number of thiophene rings is 1. The minimum Gasteiger partial charge on any atom is -0.480 e. The van der Waals surface area contributed by atoms with E-state index in [2.05, 4.69) is 10.6 Å². The van der Waals surface area contributed by atoms with Crippen molar-refractivity contribution in [1.82, 2.24) is 10.8 Å². The summed E-state index contributed by atoms with van der Waals surface area (Å²) in [4.78, 5) is 23.5. The first-order valence-electron chi connectivity index (χ1n) is 10.1. The number of aliphatic carboxylic acids is 1. The van der Waals surface area contributed by atoms with E-state index in [1.54, 1.807) is 11.5 Å². The molecule has 0 spiro atoms. The lowest BCUT2D eigenvalue weighted by molar-refractivity contribution is -0.140. The lowest BCUT2D eigenvalue weighted by Crippen LogP contribution is -2.37. The molecule has 2 aromatic carbocycles. The summed E-state index contributed by atoms with van der Waals surface area (Å²) in [6.07, 6.45) is 0.583. The van der Waals surface area contributed by atoms with E-state index >= 15 is 0 Å². The molecule has 0 aliphatic rings. The number of rotatable bonds is 10. The fourth-order valence-electron chi connectivity index (χ4n) is 3.33. The maximum absolute atomic E-state index is 11.6. The van der Waals surface area contributed by atoms with Crippen LogP contribution in [0.15, 0.2) is 48.5 Å². The molecule has 0 saturated carbocycles. The summed E-state index contributed by atoms with van der Waals surface area (Å²) in [5.74, 6) is -1.03. The van der Waals surface area contributed by atoms with Gasteiger partial charge in [0, 0.05) is 23.5 Å². The molecule has 0 unspecified atom stereocenters. The van der Waals surface area contributed by atoms with Crippen LogP contribution >= 0.6 is 11.3 Å². The summed E-state index contributed by atoms with van der Waals surface area (Å²) in [5, 5.41) is 25.6. The number of hydrogen-bond donors (Lipinski definition) is 5. The number of fused-ring (bicyclic) bond motifs is 1. The number of benzene rings is 2. The van der Waals surface area contributed by atoms with E-state index in [4.69, 9.17) is 5.21 Å². The second kappa shape index (κ2) is 10.4. The number of carboxylic acid groups (broad SMARTS) is 1. The van der Waals surface area contributed by atoms with Gasteiger partial charge in [-0.05, 0) is 53.1 Å². The first-order chi connectivity index (χ1) is 14.9. The predicted octanol–water partition coefficient (Wildman–Crippen LogP) is 4.22. The zero-order valence-corrected chi connectivity index (χ0v) is 18.3. The first-order valence-corrected chi connectivity index (χ1v) is 10.9. The molecule has 0 fully saturated rings. The molecule has 3 rings (SSSR count). The first kappa shape index (κ1) is 22.7. The Morgan fingerprint density at radius 1 is 1.03 bits per heavy atom. The van der Waals surface area contributed by atoms with Gasteiger partial charge in [0.25, 0.3) is 5.91 Å². The lowest BCUT2D eigenvalue weighted by Gasteiger charge is -2.17. The molecule has 5 N–H and O–H groups in total. The Labute approximate surface area is 185 Å². The third-order valence-electron chi connectivity index (χ3n) is 4.89. The van der Waals surface area contributed by atoms with Gasteiger partial charge < -0.3 is 15.7 Å². The van der Waals surface area contributed by atoms with Gasteiger partial charge in [-0.2, -0.15) is 0 Å². The maximum Gasteiger partial charge on any atom is 0.320 e. The maximum atomic E-state index is 11.6. The number of carboxylic acids is 1. The molecule has 3 aromatic rings. The Morgan fingerprint density at radius 3 is 2.52 bits per heavy atom. The number of anilines is 1. The minimum absolute atomic E-state index is 0.302. The molecule has 8 heteroatoms. The molecule has 0 bridgehead atoms. The number of nitrogens with one attached hydrogen (secondary N) is 3. The largest absolute Gasteiger partial charge is 0.480 e. The smallest absolute Gasteiger partial charge is 0.320 e. The fraction of sp³-hybridized carbons (Fsp3) is 0.304. The molecule has 0 aliphatic carbocycles. The predicted molar refractivity (Wildman–Crippen MR) is 123 cm³/mol. The monoisotopic (exact) mass is 441 g/mol. The van der Waals surface area contributed by atoms with Crippen molar-refractivity contribution in [3.05, 3.63) is 64.5 Å². The Balaban J connectivity index is 1.62. The Kier molecular flexibility index (Phi) is 7.62. The van der Waals surface area contributed by atoms with Gasteiger partial charge in [-0.15, -0.1) is 11.3 Å². The zero-order valence-electron chi connectivity index (χ0n) is 17.5. The van der Waals surface area contributed by atoms with Crippen molar-refractivity contribution >= 4 is 39.0 Å². The molecule has 1 amide bonds. The van der Waals surface area contributed by atoms with E-state index in [1.807, 2.05) is 56.3 Å². The highest BCUT2D eigenvalue weighted by Gasteiger charge is 2.18. The van der Waals surface area contributed by atoms with Crippen LogP contribution in [0.2, 0.25) is 0 Å². The molecule has 1 atom stereocenters. The van der Waals surface area contributed by atoms with Crippen molar-refractivity contribution in [3.63, 3.8) is 0 Å². The van der Waals surface area contributed by atoms with Gasteiger partial charge >= 0.3 is 5.97 Å². The summed E-state index contributed by atoms with van der Waals surface area (Å²) in [7, 11) is 0. The van der Waals surface area contributed by atoms with Gasteiger partial charge in [-0.1, -0.05) is 38.1 Å². The summed E-state index contributed by atoms with van der Waals surface area (Å²) >= 11 is 1.33. The van der Waals surface area contributed by atoms with Crippen molar-refractivity contribution in [2.75, 3.05) is 5.32 Å². The molecular weight excluding hydrogens is 414 g/mol. The number of carbonyl (C=O) groups is 2. The van der Waals surface area contributed by atoms with E-state index in [-0.39, 0.29) is 0 Å². The van der Waals surface area contributed by atoms with E-state index in [0.717, 1.165) is 26.9 Å². The zero-order chi connectivity index (χ0) is 22.4. The summed E-state index contributed by atoms with van der Waals surface area (Å²) in [5.41, 5.74) is 4.68. The van der Waals surface area contributed by atoms with Crippen molar-refractivity contribution in [1.29, 1.82) is 0 Å². The standard InChI is InChI=1S/C23H27N3O4S/c1-14(2)8-19(23(28)29)25-13-15-4-3-5-18(9-15)24-12-16-6-7-17-11-21(22(27)26-30)31-20(17)10-16/h3-7,9-11,14,19,24-25,30H,8,12-13H2,1-2H3,(H,26,27)(H,28,29)/t19-/m0/s1. The van der Waals surface area contributed by atoms with Gasteiger partial charge in [0.15, 0.2) is 0 Å². The molecule has 1 heterocycles. The Morgan fingerprint density at radius 2 is 1.81 bits per heavy atom. The van der Waals surface area contributed by atoms with E-state index in [1.165, 1.54) is 11.3 Å². The second-order valence-corrected chi connectivity index (χ2v) is 8.96. The normalized spacial score (nSPS) is 12.1. The highest BCUT2D eigenvalue weighted by atomic mass is 32.1. The topological polar surface area (TPSA) is 111 Å². The lowest BCUT2D eigenvalue weighted by atomic mass is 10.0. The number of carbonyl (C=O) groups excluding carboxylic acids is 1. The van der Waals surface area contributed by atoms with Crippen molar-refractivity contribution in [2.45, 2.75) is 39.4 Å². The van der Waals surface area contributed by atoms with E-state index in [9.17, 15) is 14.7 Å². The third kappa shape index (κ3) is 6.27. The van der Waals surface area contributed by atoms with Gasteiger partial charge in [-0.25, -0.2) is 5.48 Å². The van der Waals surface area contributed by atoms with Crippen molar-refractivity contribution in [3.8, 4) is 0 Å². The van der Waals surface area contributed by atoms with Crippen LogP contribution in [0.25, 0.3) is 10.1 Å². The Hall–Kier alpha value is -2.94. The third-order valence-corrected chi connectivity index (χ3v) is 5.99. The summed E-state index contributed by atoms with van der Waals surface area (Å²) in [6, 6.07) is 15.1. The molecule has 0 aliphatic heterocycles. The molecule has 0 radical (unpaired) electrons. The number of amides is 1. The van der Waals surface area contributed by atoms with Crippen LogP contribution in [0.3, 0.4) is 0 Å². The second-order valence-electron chi connectivity index (χ2n) is 7.88. The van der Waals surface area contributed by atoms with Crippen LogP contribution in [-0.2, 0) is 17.9 Å². The van der Waals surface area contributed by atoms with Crippen LogP contribution in [0, 0.1) is 5.92 Å². The Bertz CT molecular complexity index is 1060. The molecule has 1 aromatic heterocycles. The van der Waals surface area contributed by atoms with E-state index in [0.29, 0.717) is 30.3 Å². The van der Waals surface area contributed by atoms with Gasteiger partial charge in [0.05, 0.1) is 4.88 Å². The van der Waals surface area contributed by atoms with E-state index < -0.39 is 17.9 Å². The number of hydrogen-bond acceptors (Lipinski definition) is 6. The van der Waals surface area contributed by atoms with Crippen LogP contribution in [0.5, 0.6) is 0 Å². The highest BCUT2D eigenvalue weighted by molar-refractivity contribution is 7.20. The fourth-order valence-corrected chi connectivity index (χ4v) is 4.35. The number of hydroxylamine groups is 1.